The minimum atomic E-state index is 0.872. The van der Waals surface area contributed by atoms with Gasteiger partial charge in [-0.05, 0) is 239 Å². The normalized spacial score (nSPS) is 11.1. The second kappa shape index (κ2) is 42.9. The predicted octanol–water partition coefficient (Wildman–Crippen LogP) is 39.1. The highest BCUT2D eigenvalue weighted by atomic mass is 16.3. The van der Waals surface area contributed by atoms with E-state index in [0.29, 0.717) is 0 Å². The van der Waals surface area contributed by atoms with Gasteiger partial charge >= 0.3 is 0 Å². The highest BCUT2D eigenvalue weighted by Crippen LogP contribution is 2.50. The molecule has 3 aromatic heterocycles. The highest BCUT2D eigenvalue weighted by Gasteiger charge is 2.28. The van der Waals surface area contributed by atoms with Crippen LogP contribution in [0.2, 0.25) is 0 Å². The number of anilines is 9. The van der Waals surface area contributed by atoms with Gasteiger partial charge in [0.25, 0.3) is 0 Å². The molecule has 23 aromatic carbocycles. The maximum atomic E-state index is 6.51. The van der Waals surface area contributed by atoms with Crippen molar-refractivity contribution >= 4 is 150 Å². The van der Waals surface area contributed by atoms with E-state index in [0.717, 1.165) is 129 Å². The molecule has 0 unspecified atom stereocenters. The lowest BCUT2D eigenvalue weighted by atomic mass is 9.85. The van der Waals surface area contributed by atoms with Crippen molar-refractivity contribution in [3.8, 4) is 16.8 Å². The molecule has 710 valence electrons. The maximum absolute atomic E-state index is 6.51. The number of hydrogen-bond donors (Lipinski definition) is 0. The topological polar surface area (TPSA) is 40.9 Å². The quantitative estimate of drug-likeness (QED) is 0.0597. The molecule has 0 aliphatic carbocycles. The molecule has 26 rings (SSSR count). The van der Waals surface area contributed by atoms with Gasteiger partial charge in [-0.25, -0.2) is 0 Å². The van der Waals surface area contributed by atoms with E-state index >= 15 is 0 Å². The first kappa shape index (κ1) is 92.5. The molecule has 0 bridgehead atoms. The van der Waals surface area contributed by atoms with Crippen molar-refractivity contribution in [2.75, 3.05) is 14.7 Å². The van der Waals surface area contributed by atoms with E-state index in [9.17, 15) is 0 Å². The maximum Gasteiger partial charge on any atom is 0.159 e. The minimum Gasteiger partial charge on any atom is -0.456 e. The fraction of sp³-hybridized carbons (Fsp3) is 0. The molecule has 26 aromatic rings. The summed E-state index contributed by atoms with van der Waals surface area (Å²) in [6.07, 6.45) is 0. The largest absolute Gasteiger partial charge is 0.456 e. The van der Waals surface area contributed by atoms with Gasteiger partial charge in [-0.15, -0.1) is 0 Å². The SMILES string of the molecule is c1ccc(C(=C(c2ccccc2)c2ccc(N(c3ccccc3)c3ccc4c(c3)oc3ccccc34)cc2)c2ccccc2)cc1.c1ccc(C(=C(c2ccccc2)c2ccc(N(c3ccccc3)c3cccc4c3oc3ccccc34)cc2)c2ccccc2)cc1.c1ccc(C(=C(c2ccccc2)c2cccc(N(c3ccc4c(c3)c3ccccc3n4-c3ccccc3)c3ccccc3-c3ccccc3)c2)c2ccccc2)cc1. The van der Waals surface area contributed by atoms with Crippen molar-refractivity contribution in [3.05, 3.63) is 686 Å². The summed E-state index contributed by atoms with van der Waals surface area (Å²) in [5.41, 5.74) is 40.1. The Bertz CT molecular complexity index is 9150. The predicted molar refractivity (Wildman–Crippen MR) is 631 cm³/mol. The van der Waals surface area contributed by atoms with Crippen LogP contribution in [-0.2, 0) is 0 Å². The van der Waals surface area contributed by atoms with Crippen LogP contribution < -0.4 is 14.7 Å². The molecule has 6 nitrogen and oxygen atoms in total. The zero-order valence-electron chi connectivity index (χ0n) is 82.5. The number of benzene rings is 23. The Hall–Kier alpha value is -19.9. The molecule has 0 spiro atoms. The number of rotatable bonds is 23. The summed E-state index contributed by atoms with van der Waals surface area (Å²) >= 11 is 0. The molecular weight excluding hydrogens is 1820 g/mol. The van der Waals surface area contributed by atoms with Crippen molar-refractivity contribution in [1.29, 1.82) is 0 Å². The van der Waals surface area contributed by atoms with Crippen molar-refractivity contribution < 1.29 is 8.83 Å². The number of para-hydroxylation sites is 8. The molecule has 0 aliphatic heterocycles. The van der Waals surface area contributed by atoms with E-state index in [2.05, 4.69) is 614 Å². The zero-order valence-corrected chi connectivity index (χ0v) is 82.5. The first-order valence-electron chi connectivity index (χ1n) is 51.1. The Balaban J connectivity index is 0.000000121. The second-order valence-corrected chi connectivity index (χ2v) is 37.2. The lowest BCUT2D eigenvalue weighted by molar-refractivity contribution is 0.668. The smallest absolute Gasteiger partial charge is 0.159 e. The van der Waals surface area contributed by atoms with E-state index < -0.39 is 0 Å². The molecular formula is C144H102N4O2. The fourth-order valence-electron chi connectivity index (χ4n) is 21.2. The summed E-state index contributed by atoms with van der Waals surface area (Å²) in [5.74, 6) is 0. The van der Waals surface area contributed by atoms with E-state index in [-0.39, 0.29) is 0 Å². The zero-order chi connectivity index (χ0) is 100. The summed E-state index contributed by atoms with van der Waals surface area (Å²) < 4.78 is 15.2. The van der Waals surface area contributed by atoms with Crippen molar-refractivity contribution in [1.82, 2.24) is 4.57 Å². The van der Waals surface area contributed by atoms with Crippen LogP contribution in [0.3, 0.4) is 0 Å². The van der Waals surface area contributed by atoms with Crippen LogP contribution in [-0.4, -0.2) is 4.57 Å². The molecule has 6 heteroatoms. The van der Waals surface area contributed by atoms with E-state index in [4.69, 9.17) is 8.83 Å². The van der Waals surface area contributed by atoms with Crippen molar-refractivity contribution in [2.24, 2.45) is 0 Å². The van der Waals surface area contributed by atoms with Gasteiger partial charge in [-0.2, -0.15) is 0 Å². The Labute approximate surface area is 874 Å². The Morgan fingerprint density at radius 2 is 0.433 bits per heavy atom. The molecule has 0 atom stereocenters. The molecule has 0 N–H and O–H groups in total. The molecule has 0 fully saturated rings. The van der Waals surface area contributed by atoms with Crippen LogP contribution in [0.25, 0.3) is 116 Å². The number of fused-ring (bicyclic) bond motifs is 9. The van der Waals surface area contributed by atoms with Crippen molar-refractivity contribution in [2.45, 2.75) is 0 Å². The summed E-state index contributed by atoms with van der Waals surface area (Å²) in [6.45, 7) is 0. The average molecular weight is 1920 g/mol. The third kappa shape index (κ3) is 19.0. The van der Waals surface area contributed by atoms with Gasteiger partial charge in [0.1, 0.15) is 16.7 Å². The summed E-state index contributed by atoms with van der Waals surface area (Å²) in [5, 5.41) is 6.90. The molecule has 0 saturated heterocycles. The van der Waals surface area contributed by atoms with Gasteiger partial charge in [-0.3, -0.25) is 0 Å². The standard InChI is InChI=1S/C56H40N2.2C44H31NO/c1-6-21-41(22-7-1)49-33-16-18-35-52(49)57(48-37-38-54-51(40-48)50-34-17-19-36-53(50)58(54)46-30-14-5-15-31-46)47-32-20-29-45(39-47)56(44-27-12-4-13-28-44)55(42-23-8-2-9-24-42)43-25-10-3-11-26-43;1-5-16-32(17-6-1)42(33-18-7-2-8-19-33)43(34-20-9-3-10-21-34)35-28-30-37(31-29-35)45(36-22-11-4-12-23-36)40-26-15-25-39-38-24-13-14-27-41(38)46-44(39)40;1-5-15-32(16-6-1)43(33-17-7-2-8-18-33)44(34-19-9-3-10-20-34)35-25-27-37(28-26-35)45(36-21-11-4-12-22-36)38-29-30-40-39-23-13-14-24-41(39)46-42(40)31-38/h1-40H;2*1-31H. The van der Waals surface area contributed by atoms with Gasteiger partial charge in [0, 0.05) is 89.4 Å². The Kier molecular flexibility index (Phi) is 26.5. The summed E-state index contributed by atoms with van der Waals surface area (Å²) in [7, 11) is 0. The number of aromatic nitrogens is 1. The second-order valence-electron chi connectivity index (χ2n) is 37.2. The first-order chi connectivity index (χ1) is 74.5. The molecule has 0 aliphatic rings. The minimum absolute atomic E-state index is 0.872. The van der Waals surface area contributed by atoms with E-state index in [1.807, 2.05) is 24.3 Å². The Morgan fingerprint density at radius 3 is 0.900 bits per heavy atom. The molecule has 0 saturated carbocycles. The van der Waals surface area contributed by atoms with Crippen molar-refractivity contribution in [3.63, 3.8) is 0 Å². The third-order valence-corrected chi connectivity index (χ3v) is 28.0. The Morgan fingerprint density at radius 1 is 0.153 bits per heavy atom. The van der Waals surface area contributed by atoms with Crippen LogP contribution in [0.5, 0.6) is 0 Å². The van der Waals surface area contributed by atoms with Crippen LogP contribution in [0.15, 0.2) is 628 Å². The number of nitrogens with zero attached hydrogens (tertiary/aromatic N) is 4. The van der Waals surface area contributed by atoms with Crippen LogP contribution in [0, 0.1) is 0 Å². The molecule has 0 amide bonds. The van der Waals surface area contributed by atoms with E-state index in [1.165, 1.54) is 105 Å². The average Bonchev–Trinajstić information content (AvgIpc) is 1.57. The van der Waals surface area contributed by atoms with Gasteiger partial charge in [0.2, 0.25) is 0 Å². The number of furan rings is 2. The summed E-state index contributed by atoms with van der Waals surface area (Å²) in [4.78, 5) is 7.01. The summed E-state index contributed by atoms with van der Waals surface area (Å²) in [6, 6.07) is 220. The fourth-order valence-corrected chi connectivity index (χ4v) is 21.2. The van der Waals surface area contributed by atoms with Gasteiger partial charge in [0.15, 0.2) is 5.58 Å². The molecule has 150 heavy (non-hydrogen) atoms. The molecule has 0 radical (unpaired) electrons. The van der Waals surface area contributed by atoms with Crippen LogP contribution in [0.4, 0.5) is 51.2 Å². The lowest BCUT2D eigenvalue weighted by Crippen LogP contribution is -2.12. The van der Waals surface area contributed by atoms with Gasteiger partial charge in [-0.1, -0.05) is 479 Å². The highest BCUT2D eigenvalue weighted by molar-refractivity contribution is 6.14. The third-order valence-electron chi connectivity index (χ3n) is 28.0. The van der Waals surface area contributed by atoms with E-state index in [1.54, 1.807) is 0 Å². The lowest BCUT2D eigenvalue weighted by Gasteiger charge is -2.29. The van der Waals surface area contributed by atoms with Gasteiger partial charge < -0.3 is 28.1 Å². The molecule has 3 heterocycles. The van der Waals surface area contributed by atoms with Crippen LogP contribution >= 0.6 is 0 Å². The monoisotopic (exact) mass is 1920 g/mol. The number of hydrogen-bond acceptors (Lipinski definition) is 5. The van der Waals surface area contributed by atoms with Gasteiger partial charge in [0.05, 0.1) is 22.4 Å². The van der Waals surface area contributed by atoms with Crippen LogP contribution in [0.1, 0.15) is 66.8 Å². The first-order valence-corrected chi connectivity index (χ1v) is 51.1.